The second-order valence-corrected chi connectivity index (χ2v) is 7.05. The molecule has 2 N–H and O–H groups in total. The van der Waals surface area contributed by atoms with Crippen LogP contribution < -0.4 is 10.0 Å². The second-order valence-electron chi connectivity index (χ2n) is 4.45. The van der Waals surface area contributed by atoms with E-state index in [0.717, 1.165) is 5.56 Å². The van der Waals surface area contributed by atoms with Crippen molar-refractivity contribution < 1.29 is 13.2 Å². The predicted molar refractivity (Wildman–Crippen MR) is 82.5 cm³/mol. The van der Waals surface area contributed by atoms with Crippen LogP contribution >= 0.6 is 11.8 Å². The van der Waals surface area contributed by atoms with Gasteiger partial charge < -0.3 is 5.32 Å². The molecule has 0 aliphatic carbocycles. The van der Waals surface area contributed by atoms with Gasteiger partial charge in [-0.2, -0.15) is 11.8 Å². The number of rotatable bonds is 7. The third kappa shape index (κ3) is 5.15. The molecule has 1 amide bonds. The molecule has 0 atom stereocenters. The number of sulfonamides is 1. The van der Waals surface area contributed by atoms with Crippen LogP contribution in [-0.2, 0) is 14.8 Å². The number of hydrogen-bond acceptors (Lipinski definition) is 4. The maximum Gasteiger partial charge on any atom is 0.240 e. The summed E-state index contributed by atoms with van der Waals surface area (Å²) in [6.07, 6.45) is 1.84. The van der Waals surface area contributed by atoms with Crippen molar-refractivity contribution in [1.82, 2.24) is 10.0 Å². The van der Waals surface area contributed by atoms with Crippen molar-refractivity contribution in [2.45, 2.75) is 18.7 Å². The largest absolute Gasteiger partial charge is 0.354 e. The van der Waals surface area contributed by atoms with E-state index >= 15 is 0 Å². The average molecular weight is 316 g/mol. The third-order valence-electron chi connectivity index (χ3n) is 2.65. The van der Waals surface area contributed by atoms with Crippen molar-refractivity contribution in [3.05, 3.63) is 29.3 Å². The minimum atomic E-state index is -3.53. The Balaban J connectivity index is 2.58. The molecule has 0 saturated carbocycles. The van der Waals surface area contributed by atoms with Crippen molar-refractivity contribution in [3.8, 4) is 0 Å². The van der Waals surface area contributed by atoms with E-state index in [0.29, 0.717) is 11.3 Å². The number of carbonyl (C=O) groups is 1. The molecule has 7 heteroatoms. The molecule has 0 bridgehead atoms. The number of amides is 1. The first kappa shape index (κ1) is 17.0. The van der Waals surface area contributed by atoms with Gasteiger partial charge in [-0.25, -0.2) is 13.1 Å². The lowest BCUT2D eigenvalue weighted by Crippen LogP contribution is -2.35. The van der Waals surface area contributed by atoms with Crippen LogP contribution in [0.4, 0.5) is 0 Å². The molecule has 20 heavy (non-hydrogen) atoms. The van der Waals surface area contributed by atoms with E-state index in [1.807, 2.05) is 19.2 Å². The lowest BCUT2D eigenvalue weighted by Gasteiger charge is -2.10. The SMILES string of the molecule is CSCC(=O)NCCNS(=O)(=O)c1cc(C)ccc1C. The van der Waals surface area contributed by atoms with Gasteiger partial charge in [-0.05, 0) is 37.3 Å². The van der Waals surface area contributed by atoms with E-state index in [2.05, 4.69) is 10.0 Å². The molecule has 0 aromatic heterocycles. The third-order valence-corrected chi connectivity index (χ3v) is 4.80. The maximum absolute atomic E-state index is 12.1. The van der Waals surface area contributed by atoms with Gasteiger partial charge in [-0.1, -0.05) is 12.1 Å². The molecule has 5 nitrogen and oxygen atoms in total. The molecule has 0 spiro atoms. The van der Waals surface area contributed by atoms with Gasteiger partial charge >= 0.3 is 0 Å². The van der Waals surface area contributed by atoms with Gasteiger partial charge in [0.1, 0.15) is 0 Å². The zero-order valence-corrected chi connectivity index (χ0v) is 13.5. The molecule has 0 aliphatic heterocycles. The standard InChI is InChI=1S/C13H20N2O3S2/c1-10-4-5-11(2)12(8-10)20(17,18)15-7-6-14-13(16)9-19-3/h4-5,8,15H,6-7,9H2,1-3H3,(H,14,16). The molecule has 0 heterocycles. The molecule has 0 radical (unpaired) electrons. The van der Waals surface area contributed by atoms with E-state index in [1.165, 1.54) is 11.8 Å². The zero-order valence-electron chi connectivity index (χ0n) is 11.9. The van der Waals surface area contributed by atoms with E-state index in [1.54, 1.807) is 19.1 Å². The number of benzene rings is 1. The highest BCUT2D eigenvalue weighted by molar-refractivity contribution is 7.99. The molecule has 1 aromatic carbocycles. The molecular formula is C13H20N2O3S2. The summed E-state index contributed by atoms with van der Waals surface area (Å²) in [6, 6.07) is 5.30. The highest BCUT2D eigenvalue weighted by atomic mass is 32.2. The number of thioether (sulfide) groups is 1. The quantitative estimate of drug-likeness (QED) is 0.738. The summed E-state index contributed by atoms with van der Waals surface area (Å²) in [6.45, 7) is 4.06. The highest BCUT2D eigenvalue weighted by Crippen LogP contribution is 2.16. The minimum Gasteiger partial charge on any atom is -0.354 e. The minimum absolute atomic E-state index is 0.0940. The maximum atomic E-state index is 12.1. The van der Waals surface area contributed by atoms with Crippen LogP contribution in [0.3, 0.4) is 0 Å². The molecule has 0 saturated heterocycles. The molecule has 1 rings (SSSR count). The lowest BCUT2D eigenvalue weighted by atomic mass is 10.2. The van der Waals surface area contributed by atoms with Gasteiger partial charge in [0.2, 0.25) is 15.9 Å². The van der Waals surface area contributed by atoms with Gasteiger partial charge in [0.25, 0.3) is 0 Å². The molecule has 0 aliphatic rings. The Morgan fingerprint density at radius 2 is 1.95 bits per heavy atom. The van der Waals surface area contributed by atoms with Crippen LogP contribution in [-0.4, -0.2) is 39.4 Å². The summed E-state index contributed by atoms with van der Waals surface area (Å²) >= 11 is 1.42. The van der Waals surface area contributed by atoms with E-state index in [4.69, 9.17) is 0 Å². The van der Waals surface area contributed by atoms with Crippen molar-refractivity contribution in [1.29, 1.82) is 0 Å². The van der Waals surface area contributed by atoms with Gasteiger partial charge in [0, 0.05) is 13.1 Å². The second kappa shape index (κ2) is 7.66. The monoisotopic (exact) mass is 316 g/mol. The number of hydrogen-bond donors (Lipinski definition) is 2. The van der Waals surface area contributed by atoms with Crippen molar-refractivity contribution >= 4 is 27.7 Å². The number of nitrogens with one attached hydrogen (secondary N) is 2. The summed E-state index contributed by atoms with van der Waals surface area (Å²) in [4.78, 5) is 11.5. The number of carbonyl (C=O) groups excluding carboxylic acids is 1. The highest BCUT2D eigenvalue weighted by Gasteiger charge is 2.16. The molecule has 112 valence electrons. The predicted octanol–water partition coefficient (Wildman–Crippen LogP) is 1.06. The van der Waals surface area contributed by atoms with Gasteiger partial charge in [0.15, 0.2) is 0 Å². The van der Waals surface area contributed by atoms with E-state index in [9.17, 15) is 13.2 Å². The Morgan fingerprint density at radius 3 is 2.60 bits per heavy atom. The lowest BCUT2D eigenvalue weighted by molar-refractivity contribution is -0.118. The van der Waals surface area contributed by atoms with Gasteiger partial charge in [-0.15, -0.1) is 0 Å². The van der Waals surface area contributed by atoms with Crippen molar-refractivity contribution in [2.75, 3.05) is 25.1 Å². The average Bonchev–Trinajstić information content (AvgIpc) is 2.38. The summed E-state index contributed by atoms with van der Waals surface area (Å²) in [5.74, 6) is 0.285. The van der Waals surface area contributed by atoms with Crippen LogP contribution in [0, 0.1) is 13.8 Å². The van der Waals surface area contributed by atoms with Crippen LogP contribution in [0.2, 0.25) is 0 Å². The number of aryl methyl sites for hydroxylation is 2. The zero-order chi connectivity index (χ0) is 15.2. The first-order valence-corrected chi connectivity index (χ1v) is 9.07. The van der Waals surface area contributed by atoms with E-state index < -0.39 is 10.0 Å². The van der Waals surface area contributed by atoms with Crippen molar-refractivity contribution in [2.24, 2.45) is 0 Å². The van der Waals surface area contributed by atoms with Crippen LogP contribution in [0.25, 0.3) is 0 Å². The normalized spacial score (nSPS) is 11.3. The first-order chi connectivity index (χ1) is 9.36. The fourth-order valence-corrected chi connectivity index (χ4v) is 3.37. The van der Waals surface area contributed by atoms with Crippen LogP contribution in [0.1, 0.15) is 11.1 Å². The Labute approximate surface area is 124 Å². The first-order valence-electron chi connectivity index (χ1n) is 6.19. The smallest absolute Gasteiger partial charge is 0.240 e. The van der Waals surface area contributed by atoms with Crippen LogP contribution in [0.15, 0.2) is 23.1 Å². The summed E-state index contributed by atoms with van der Waals surface area (Å²) in [7, 11) is -3.53. The Bertz CT molecular complexity index is 571. The summed E-state index contributed by atoms with van der Waals surface area (Å²) in [5, 5.41) is 2.65. The summed E-state index contributed by atoms with van der Waals surface area (Å²) in [5.41, 5.74) is 1.60. The molecule has 0 fully saturated rings. The Kier molecular flexibility index (Phi) is 6.51. The topological polar surface area (TPSA) is 75.3 Å². The van der Waals surface area contributed by atoms with Crippen molar-refractivity contribution in [3.63, 3.8) is 0 Å². The van der Waals surface area contributed by atoms with Gasteiger partial charge in [0.05, 0.1) is 10.6 Å². The van der Waals surface area contributed by atoms with Gasteiger partial charge in [-0.3, -0.25) is 4.79 Å². The molecule has 1 aromatic rings. The summed E-state index contributed by atoms with van der Waals surface area (Å²) < 4.78 is 26.8. The van der Waals surface area contributed by atoms with Crippen LogP contribution in [0.5, 0.6) is 0 Å². The Hall–Kier alpha value is -1.05. The molecule has 0 unspecified atom stereocenters. The fourth-order valence-electron chi connectivity index (χ4n) is 1.64. The Morgan fingerprint density at radius 1 is 1.25 bits per heavy atom. The fraction of sp³-hybridized carbons (Fsp3) is 0.462. The van der Waals surface area contributed by atoms with E-state index in [-0.39, 0.29) is 23.9 Å². The molecular weight excluding hydrogens is 296 g/mol.